The van der Waals surface area contributed by atoms with Crippen LogP contribution in [0.15, 0.2) is 60.7 Å². The van der Waals surface area contributed by atoms with Crippen LogP contribution in [-0.4, -0.2) is 18.0 Å². The molecule has 0 aromatic heterocycles. The van der Waals surface area contributed by atoms with Gasteiger partial charge in [0.05, 0.1) is 0 Å². The lowest BCUT2D eigenvalue weighted by Crippen LogP contribution is -2.29. The fraction of sp³-hybridized carbons (Fsp3) is 0.273. The van der Waals surface area contributed by atoms with Gasteiger partial charge in [0.15, 0.2) is 6.10 Å². The van der Waals surface area contributed by atoms with Gasteiger partial charge in [-0.25, -0.2) is 4.79 Å². The van der Waals surface area contributed by atoms with Crippen molar-refractivity contribution in [2.45, 2.75) is 39.2 Å². The summed E-state index contributed by atoms with van der Waals surface area (Å²) in [4.78, 5) is 24.0. The van der Waals surface area contributed by atoms with Crippen LogP contribution < -0.4 is 5.32 Å². The first-order valence-corrected chi connectivity index (χ1v) is 8.61. The molecule has 1 N–H and O–H groups in total. The molecule has 2 aromatic carbocycles. The highest BCUT2D eigenvalue weighted by Gasteiger charge is 2.17. The van der Waals surface area contributed by atoms with Crippen LogP contribution >= 0.6 is 0 Å². The summed E-state index contributed by atoms with van der Waals surface area (Å²) in [6, 6.07) is 17.1. The Bertz CT molecular complexity index is 771. The summed E-state index contributed by atoms with van der Waals surface area (Å²) in [6.45, 7) is 7.94. The van der Waals surface area contributed by atoms with Crippen molar-refractivity contribution in [3.05, 3.63) is 71.8 Å². The van der Waals surface area contributed by atoms with Gasteiger partial charge in [0, 0.05) is 11.8 Å². The van der Waals surface area contributed by atoms with Crippen LogP contribution in [0.25, 0.3) is 6.08 Å². The smallest absolute Gasteiger partial charge is 0.331 e. The number of esters is 1. The third-order valence-corrected chi connectivity index (χ3v) is 3.89. The molecular weight excluding hydrogens is 326 g/mol. The molecule has 0 saturated heterocycles. The Morgan fingerprint density at radius 2 is 1.62 bits per heavy atom. The zero-order valence-electron chi connectivity index (χ0n) is 15.7. The summed E-state index contributed by atoms with van der Waals surface area (Å²) in [5, 5.41) is 2.76. The number of hydrogen-bond acceptors (Lipinski definition) is 3. The third kappa shape index (κ3) is 5.88. The molecule has 0 unspecified atom stereocenters. The van der Waals surface area contributed by atoms with Crippen molar-refractivity contribution >= 4 is 23.6 Å². The highest BCUT2D eigenvalue weighted by molar-refractivity contribution is 5.96. The predicted octanol–water partition coefficient (Wildman–Crippen LogP) is 4.57. The molecule has 1 amide bonds. The SMILES string of the molecule is C[C@@H](OC(=O)/C=C/c1ccccc1)C(=O)Nc1ccc(C(C)(C)C)cc1. The number of carbonyl (C=O) groups excluding carboxylic acids is 2. The summed E-state index contributed by atoms with van der Waals surface area (Å²) in [5.41, 5.74) is 2.79. The van der Waals surface area contributed by atoms with Crippen LogP contribution in [0.1, 0.15) is 38.8 Å². The average molecular weight is 351 g/mol. The molecule has 0 bridgehead atoms. The van der Waals surface area contributed by atoms with Gasteiger partial charge in [-0.15, -0.1) is 0 Å². The normalized spacial score (nSPS) is 12.6. The zero-order valence-corrected chi connectivity index (χ0v) is 15.7. The van der Waals surface area contributed by atoms with Crippen molar-refractivity contribution in [3.8, 4) is 0 Å². The monoisotopic (exact) mass is 351 g/mol. The van der Waals surface area contributed by atoms with Gasteiger partial charge in [-0.05, 0) is 41.7 Å². The Hall–Kier alpha value is -2.88. The highest BCUT2D eigenvalue weighted by Crippen LogP contribution is 2.23. The molecule has 0 saturated carbocycles. The number of ether oxygens (including phenoxy) is 1. The minimum absolute atomic E-state index is 0.0520. The van der Waals surface area contributed by atoms with Crippen molar-refractivity contribution in [1.82, 2.24) is 0 Å². The molecule has 4 heteroatoms. The molecule has 4 nitrogen and oxygen atoms in total. The quantitative estimate of drug-likeness (QED) is 0.634. The molecule has 0 aliphatic heterocycles. The number of amides is 1. The van der Waals surface area contributed by atoms with Gasteiger partial charge in [-0.2, -0.15) is 0 Å². The van der Waals surface area contributed by atoms with E-state index in [1.54, 1.807) is 13.0 Å². The minimum atomic E-state index is -0.884. The lowest BCUT2D eigenvalue weighted by Gasteiger charge is -2.19. The second-order valence-corrected chi connectivity index (χ2v) is 7.14. The van der Waals surface area contributed by atoms with Crippen LogP contribution in [0.4, 0.5) is 5.69 Å². The van der Waals surface area contributed by atoms with E-state index in [1.807, 2.05) is 54.6 Å². The van der Waals surface area contributed by atoms with Crippen LogP contribution in [0.2, 0.25) is 0 Å². The van der Waals surface area contributed by atoms with E-state index < -0.39 is 12.1 Å². The Labute approximate surface area is 154 Å². The number of carbonyl (C=O) groups is 2. The van der Waals surface area contributed by atoms with E-state index in [2.05, 4.69) is 26.1 Å². The molecule has 0 fully saturated rings. The second-order valence-electron chi connectivity index (χ2n) is 7.14. The highest BCUT2D eigenvalue weighted by atomic mass is 16.5. The fourth-order valence-corrected chi connectivity index (χ4v) is 2.29. The fourth-order valence-electron chi connectivity index (χ4n) is 2.29. The second kappa shape index (κ2) is 8.48. The molecule has 1 atom stereocenters. The number of anilines is 1. The largest absolute Gasteiger partial charge is 0.449 e. The van der Waals surface area contributed by atoms with E-state index in [0.29, 0.717) is 5.69 Å². The summed E-state index contributed by atoms with van der Waals surface area (Å²) < 4.78 is 5.15. The first-order valence-electron chi connectivity index (χ1n) is 8.61. The van der Waals surface area contributed by atoms with Gasteiger partial charge >= 0.3 is 5.97 Å². The van der Waals surface area contributed by atoms with Gasteiger partial charge in [0.1, 0.15) is 0 Å². The molecule has 136 valence electrons. The number of benzene rings is 2. The van der Waals surface area contributed by atoms with Crippen LogP contribution in [0.3, 0.4) is 0 Å². The molecule has 0 spiro atoms. The maximum Gasteiger partial charge on any atom is 0.331 e. The number of rotatable bonds is 5. The molecule has 0 radical (unpaired) electrons. The molecule has 0 aliphatic carbocycles. The Morgan fingerprint density at radius 1 is 1.00 bits per heavy atom. The molecule has 0 aliphatic rings. The topological polar surface area (TPSA) is 55.4 Å². The first kappa shape index (κ1) is 19.4. The van der Waals surface area contributed by atoms with Gasteiger partial charge in [-0.3, -0.25) is 4.79 Å². The van der Waals surface area contributed by atoms with Crippen molar-refractivity contribution in [3.63, 3.8) is 0 Å². The standard InChI is InChI=1S/C22H25NO3/c1-16(26-20(24)15-10-17-8-6-5-7-9-17)21(25)23-19-13-11-18(12-14-19)22(2,3)4/h5-16H,1-4H3,(H,23,25)/b15-10+/t16-/m1/s1. The zero-order chi connectivity index (χ0) is 19.2. The van der Waals surface area contributed by atoms with E-state index in [9.17, 15) is 9.59 Å². The lowest BCUT2D eigenvalue weighted by molar-refractivity contribution is -0.148. The van der Waals surface area contributed by atoms with Crippen LogP contribution in [-0.2, 0) is 19.7 Å². The maximum absolute atomic E-state index is 12.2. The Morgan fingerprint density at radius 3 is 2.19 bits per heavy atom. The van der Waals surface area contributed by atoms with Gasteiger partial charge in [0.25, 0.3) is 5.91 Å². The minimum Gasteiger partial charge on any atom is -0.449 e. The summed E-state index contributed by atoms with van der Waals surface area (Å²) >= 11 is 0. The van der Waals surface area contributed by atoms with Crippen molar-refractivity contribution < 1.29 is 14.3 Å². The van der Waals surface area contributed by atoms with E-state index in [-0.39, 0.29) is 11.3 Å². The first-order chi connectivity index (χ1) is 12.3. The summed E-state index contributed by atoms with van der Waals surface area (Å²) in [5.74, 6) is -0.922. The van der Waals surface area contributed by atoms with Gasteiger partial charge in [0.2, 0.25) is 0 Å². The molecular formula is C22H25NO3. The summed E-state index contributed by atoms with van der Waals surface area (Å²) in [7, 11) is 0. The van der Waals surface area contributed by atoms with Crippen molar-refractivity contribution in [1.29, 1.82) is 0 Å². The van der Waals surface area contributed by atoms with E-state index in [0.717, 1.165) is 5.56 Å². The average Bonchev–Trinajstić information content (AvgIpc) is 2.60. The number of nitrogens with one attached hydrogen (secondary N) is 1. The van der Waals surface area contributed by atoms with Gasteiger partial charge in [-0.1, -0.05) is 63.2 Å². The van der Waals surface area contributed by atoms with Gasteiger partial charge < -0.3 is 10.1 Å². The third-order valence-electron chi connectivity index (χ3n) is 3.89. The maximum atomic E-state index is 12.2. The van der Waals surface area contributed by atoms with Crippen molar-refractivity contribution in [2.75, 3.05) is 5.32 Å². The predicted molar refractivity (Wildman–Crippen MR) is 105 cm³/mol. The van der Waals surface area contributed by atoms with Crippen LogP contribution in [0.5, 0.6) is 0 Å². The number of hydrogen-bond donors (Lipinski definition) is 1. The molecule has 2 aromatic rings. The lowest BCUT2D eigenvalue weighted by atomic mass is 9.87. The molecule has 0 heterocycles. The Balaban J connectivity index is 1.89. The molecule has 2 rings (SSSR count). The van der Waals surface area contributed by atoms with Crippen molar-refractivity contribution in [2.24, 2.45) is 0 Å². The van der Waals surface area contributed by atoms with E-state index in [1.165, 1.54) is 11.6 Å². The summed E-state index contributed by atoms with van der Waals surface area (Å²) in [6.07, 6.45) is 2.08. The van der Waals surface area contributed by atoms with E-state index in [4.69, 9.17) is 4.74 Å². The van der Waals surface area contributed by atoms with Crippen LogP contribution in [0, 0.1) is 0 Å². The molecule has 26 heavy (non-hydrogen) atoms. The Kier molecular flexibility index (Phi) is 6.34. The van der Waals surface area contributed by atoms with E-state index >= 15 is 0 Å².